The van der Waals surface area contributed by atoms with Gasteiger partial charge in [0.25, 0.3) is 11.8 Å². The minimum atomic E-state index is -3.84. The number of likely N-dealkylation sites (N-methyl/N-ethyl adjacent to an activating group) is 1. The number of alkyl halides is 3. The highest BCUT2D eigenvalue weighted by molar-refractivity contribution is 6.04. The number of nitrogens with zero attached hydrogens (tertiary/aromatic N) is 1. The van der Waals surface area contributed by atoms with Crippen LogP contribution in [0.5, 0.6) is 5.75 Å². The Bertz CT molecular complexity index is 842. The molecule has 1 aromatic rings. The molecular weight excluding hydrogens is 410 g/mol. The van der Waals surface area contributed by atoms with Gasteiger partial charge in [-0.1, -0.05) is 0 Å². The lowest BCUT2D eigenvalue weighted by molar-refractivity contribution is -0.141. The number of nitrogens with one attached hydrogen (secondary N) is 2. The van der Waals surface area contributed by atoms with E-state index >= 15 is 0 Å². The van der Waals surface area contributed by atoms with E-state index in [-0.39, 0.29) is 18.0 Å². The molecular formula is C19H23F4N3O4. The first-order chi connectivity index (χ1) is 13.7. The molecule has 1 aliphatic heterocycles. The highest BCUT2D eigenvalue weighted by Gasteiger charge is 2.47. The van der Waals surface area contributed by atoms with Crippen LogP contribution in [0.1, 0.15) is 20.8 Å². The third-order valence-corrected chi connectivity index (χ3v) is 4.77. The van der Waals surface area contributed by atoms with E-state index in [2.05, 4.69) is 5.32 Å². The highest BCUT2D eigenvalue weighted by Crippen LogP contribution is 2.32. The number of rotatable bonds is 6. The van der Waals surface area contributed by atoms with Crippen molar-refractivity contribution in [3.05, 3.63) is 24.0 Å². The van der Waals surface area contributed by atoms with E-state index in [4.69, 9.17) is 4.74 Å². The van der Waals surface area contributed by atoms with Gasteiger partial charge in [0, 0.05) is 13.1 Å². The van der Waals surface area contributed by atoms with Crippen molar-refractivity contribution in [2.45, 2.75) is 38.4 Å². The summed E-state index contributed by atoms with van der Waals surface area (Å²) >= 11 is 0. The Morgan fingerprint density at radius 1 is 1.27 bits per heavy atom. The number of hydrogen-bond acceptors (Lipinski definition) is 4. The lowest BCUT2D eigenvalue weighted by Gasteiger charge is -2.27. The van der Waals surface area contributed by atoms with Crippen molar-refractivity contribution in [3.63, 3.8) is 0 Å². The van der Waals surface area contributed by atoms with Gasteiger partial charge < -0.3 is 20.3 Å². The van der Waals surface area contributed by atoms with Crippen LogP contribution in [0.4, 0.5) is 23.2 Å². The van der Waals surface area contributed by atoms with E-state index in [0.717, 1.165) is 24.0 Å². The molecule has 2 atom stereocenters. The van der Waals surface area contributed by atoms with Gasteiger partial charge in [0.15, 0.2) is 5.67 Å². The van der Waals surface area contributed by atoms with Crippen molar-refractivity contribution in [2.75, 3.05) is 25.1 Å². The van der Waals surface area contributed by atoms with E-state index in [1.807, 2.05) is 5.32 Å². The first-order valence-corrected chi connectivity index (χ1v) is 9.09. The van der Waals surface area contributed by atoms with Crippen molar-refractivity contribution in [3.8, 4) is 5.75 Å². The normalized spacial score (nSPS) is 18.1. The Kier molecular flexibility index (Phi) is 6.63. The Labute approximate surface area is 170 Å². The number of anilines is 1. The molecule has 1 unspecified atom stereocenters. The van der Waals surface area contributed by atoms with E-state index in [9.17, 15) is 31.9 Å². The van der Waals surface area contributed by atoms with Gasteiger partial charge in [-0.15, -0.1) is 0 Å². The zero-order valence-electron chi connectivity index (χ0n) is 16.9. The number of carbonyl (C=O) groups excluding carboxylic acids is 3. The molecule has 0 fully saturated rings. The molecule has 0 saturated carbocycles. The predicted molar refractivity (Wildman–Crippen MR) is 99.5 cm³/mol. The van der Waals surface area contributed by atoms with Gasteiger partial charge in [0.2, 0.25) is 11.8 Å². The highest BCUT2D eigenvalue weighted by atomic mass is 19.3. The van der Waals surface area contributed by atoms with E-state index in [1.165, 1.54) is 13.1 Å². The van der Waals surface area contributed by atoms with Crippen LogP contribution in [0, 0.1) is 11.7 Å². The molecule has 1 heterocycles. The van der Waals surface area contributed by atoms with Gasteiger partial charge in [-0.3, -0.25) is 14.4 Å². The first kappa shape index (κ1) is 23.4. The summed E-state index contributed by atoms with van der Waals surface area (Å²) in [5.41, 5.74) is -2.70. The van der Waals surface area contributed by atoms with Crippen LogP contribution in [0.15, 0.2) is 18.2 Å². The maximum absolute atomic E-state index is 13.6. The van der Waals surface area contributed by atoms with Gasteiger partial charge in [-0.2, -0.15) is 0 Å². The van der Waals surface area contributed by atoms with Crippen LogP contribution in [-0.4, -0.2) is 55.6 Å². The van der Waals surface area contributed by atoms with Crippen LogP contribution < -0.4 is 20.3 Å². The van der Waals surface area contributed by atoms with Gasteiger partial charge >= 0.3 is 0 Å². The summed E-state index contributed by atoms with van der Waals surface area (Å²) in [5, 5.41) is 4.17. The average molecular weight is 433 g/mol. The molecule has 0 radical (unpaired) electrons. The summed E-state index contributed by atoms with van der Waals surface area (Å²) in [6.45, 7) is 0.929. The fourth-order valence-corrected chi connectivity index (χ4v) is 2.55. The summed E-state index contributed by atoms with van der Waals surface area (Å²) in [6.07, 6.45) is 0. The quantitative estimate of drug-likeness (QED) is 0.529. The Hall–Kier alpha value is -2.85. The first-order valence-electron chi connectivity index (χ1n) is 9.09. The van der Waals surface area contributed by atoms with E-state index in [0.29, 0.717) is 13.8 Å². The number of hydrogen-bond donors (Lipinski definition) is 2. The fraction of sp³-hybridized carbons (Fsp3) is 0.526. The molecule has 7 nitrogen and oxygen atoms in total. The number of carbonyl (C=O) groups is 3. The Morgan fingerprint density at radius 2 is 1.90 bits per heavy atom. The molecule has 166 valence electrons. The van der Waals surface area contributed by atoms with Gasteiger partial charge in [-0.25, -0.2) is 17.6 Å². The zero-order valence-corrected chi connectivity index (χ0v) is 16.9. The monoisotopic (exact) mass is 433 g/mol. The summed E-state index contributed by atoms with van der Waals surface area (Å²) in [7, 11) is 1.37. The Balaban J connectivity index is 2.01. The molecule has 2 rings (SSSR count). The molecule has 0 aromatic heterocycles. The zero-order chi connectivity index (χ0) is 22.9. The maximum atomic E-state index is 13.6. The molecule has 3 amide bonds. The second kappa shape index (κ2) is 8.49. The van der Waals surface area contributed by atoms with Crippen LogP contribution >= 0.6 is 0 Å². The summed E-state index contributed by atoms with van der Waals surface area (Å²) in [5.74, 6) is -8.23. The third kappa shape index (κ3) is 5.00. The van der Waals surface area contributed by atoms with Crippen molar-refractivity contribution in [2.24, 2.45) is 5.92 Å². The lowest BCUT2D eigenvalue weighted by atomic mass is 10.0. The van der Waals surface area contributed by atoms with Crippen molar-refractivity contribution in [1.29, 1.82) is 0 Å². The second-order valence-corrected chi connectivity index (χ2v) is 7.50. The SMILES string of the molecule is CC(C(=O)NCC(F)(F)C(C)(C)F)C(=O)N[C@H]1COc2ccc(F)cc2N(C)C1=O. The van der Waals surface area contributed by atoms with Gasteiger partial charge in [-0.05, 0) is 32.9 Å². The number of ether oxygens (including phenoxy) is 1. The van der Waals surface area contributed by atoms with Crippen molar-refractivity contribution < 1.29 is 36.7 Å². The average Bonchev–Trinajstić information content (AvgIpc) is 2.77. The number of halogens is 4. The topological polar surface area (TPSA) is 87.7 Å². The van der Waals surface area contributed by atoms with Crippen molar-refractivity contribution in [1.82, 2.24) is 10.6 Å². The molecule has 1 aliphatic rings. The maximum Gasteiger partial charge on any atom is 0.297 e. The predicted octanol–water partition coefficient (Wildman–Crippen LogP) is 1.80. The largest absolute Gasteiger partial charge is 0.489 e. The van der Waals surface area contributed by atoms with Gasteiger partial charge in [0.05, 0.1) is 12.2 Å². The molecule has 0 bridgehead atoms. The number of benzene rings is 1. The molecule has 0 aliphatic carbocycles. The van der Waals surface area contributed by atoms with E-state index in [1.54, 1.807) is 0 Å². The van der Waals surface area contributed by atoms with Crippen LogP contribution in [0.25, 0.3) is 0 Å². The number of fused-ring (bicyclic) bond motifs is 1. The van der Waals surface area contributed by atoms with Crippen LogP contribution in [0.3, 0.4) is 0 Å². The summed E-state index contributed by atoms with van der Waals surface area (Å²) in [4.78, 5) is 38.1. The minimum absolute atomic E-state index is 0.165. The fourth-order valence-electron chi connectivity index (χ4n) is 2.55. The molecule has 1 aromatic carbocycles. The van der Waals surface area contributed by atoms with E-state index < -0.39 is 53.6 Å². The lowest BCUT2D eigenvalue weighted by Crippen LogP contribution is -2.54. The van der Waals surface area contributed by atoms with Crippen molar-refractivity contribution >= 4 is 23.4 Å². The molecule has 11 heteroatoms. The number of amides is 3. The molecule has 0 spiro atoms. The van der Waals surface area contributed by atoms with Gasteiger partial charge in [0.1, 0.15) is 30.1 Å². The van der Waals surface area contributed by atoms with Crippen LogP contribution in [0.2, 0.25) is 0 Å². The third-order valence-electron chi connectivity index (χ3n) is 4.77. The van der Waals surface area contributed by atoms with Crippen LogP contribution in [-0.2, 0) is 14.4 Å². The Morgan fingerprint density at radius 3 is 2.50 bits per heavy atom. The minimum Gasteiger partial charge on any atom is -0.489 e. The second-order valence-electron chi connectivity index (χ2n) is 7.50. The standard InChI is InChI=1S/C19H23F4N3O4/c1-10(15(27)24-9-19(22,23)18(2,3)21)16(28)25-12-8-30-14-6-5-11(20)7-13(14)26(4)17(12)29/h5-7,10,12H,8-9H2,1-4H3,(H,24,27)(H,25,28)/t10?,12-/m0/s1. The summed E-state index contributed by atoms with van der Waals surface area (Å²) in [6, 6.07) is 2.39. The molecule has 0 saturated heterocycles. The molecule has 30 heavy (non-hydrogen) atoms. The smallest absolute Gasteiger partial charge is 0.297 e. The molecule has 2 N–H and O–H groups in total. The summed E-state index contributed by atoms with van der Waals surface area (Å²) < 4.78 is 59.7.